The van der Waals surface area contributed by atoms with Crippen LogP contribution in [0.15, 0.2) is 36.4 Å². The number of hydrogen-bond acceptors (Lipinski definition) is 6. The van der Waals surface area contributed by atoms with Crippen molar-refractivity contribution in [1.82, 2.24) is 10.6 Å². The molecule has 0 heterocycles. The molecule has 0 bridgehead atoms. The highest BCUT2D eigenvalue weighted by molar-refractivity contribution is 6.01. The van der Waals surface area contributed by atoms with Crippen molar-refractivity contribution in [2.24, 2.45) is 22.7 Å². The molecular formula is C41H57N3O5. The van der Waals surface area contributed by atoms with Crippen LogP contribution in [0.3, 0.4) is 0 Å². The fourth-order valence-electron chi connectivity index (χ4n) is 11.0. The molecule has 8 nitrogen and oxygen atoms in total. The molecule has 2 aromatic carbocycles. The average Bonchev–Trinajstić information content (AvgIpc) is 3.04. The highest BCUT2D eigenvalue weighted by Crippen LogP contribution is 2.59. The second-order valence-corrected chi connectivity index (χ2v) is 16.9. The molecule has 8 heteroatoms. The molecule has 0 spiro atoms. The number of rotatable bonds is 8. The zero-order chi connectivity index (χ0) is 35.4. The van der Waals surface area contributed by atoms with Gasteiger partial charge in [0.15, 0.2) is 0 Å². The van der Waals surface area contributed by atoms with E-state index in [4.69, 9.17) is 0 Å². The predicted molar refractivity (Wildman–Crippen MR) is 192 cm³/mol. The Labute approximate surface area is 292 Å². The molecule has 7 atom stereocenters. The molecule has 0 aromatic heterocycles. The number of aliphatic hydroxyl groups is 1. The molecule has 2 saturated carbocycles. The van der Waals surface area contributed by atoms with E-state index in [1.54, 1.807) is 6.07 Å². The largest absolute Gasteiger partial charge is 0.508 e. The first-order valence-electron chi connectivity index (χ1n) is 18.6. The zero-order valence-electron chi connectivity index (χ0n) is 30.4. The van der Waals surface area contributed by atoms with Crippen LogP contribution in [0.2, 0.25) is 0 Å². The third kappa shape index (κ3) is 6.11. The van der Waals surface area contributed by atoms with E-state index in [-0.39, 0.29) is 58.8 Å². The Bertz CT molecular complexity index is 1620. The van der Waals surface area contributed by atoms with Crippen LogP contribution in [0.25, 0.3) is 0 Å². The van der Waals surface area contributed by atoms with E-state index in [9.17, 15) is 24.6 Å². The summed E-state index contributed by atoms with van der Waals surface area (Å²) >= 11 is 0. The molecule has 4 aliphatic carbocycles. The van der Waals surface area contributed by atoms with E-state index < -0.39 is 16.9 Å². The number of imide groups is 1. The van der Waals surface area contributed by atoms with Crippen molar-refractivity contribution >= 4 is 23.4 Å². The molecule has 0 aliphatic heterocycles. The summed E-state index contributed by atoms with van der Waals surface area (Å²) in [6.07, 6.45) is 8.91. The number of phenolic OH excluding ortho intramolecular Hbond substituents is 1. The van der Waals surface area contributed by atoms with Crippen LogP contribution < -0.4 is 16.0 Å². The van der Waals surface area contributed by atoms with Gasteiger partial charge in [-0.15, -0.1) is 0 Å². The van der Waals surface area contributed by atoms with Gasteiger partial charge >= 0.3 is 0 Å². The number of amides is 3. The van der Waals surface area contributed by atoms with Gasteiger partial charge in [0.25, 0.3) is 0 Å². The number of benzene rings is 2. The fraction of sp³-hybridized carbons (Fsp3) is 0.634. The molecule has 2 aromatic rings. The first-order chi connectivity index (χ1) is 23.2. The Balaban J connectivity index is 1.23. The lowest BCUT2D eigenvalue weighted by molar-refractivity contribution is -0.150. The van der Waals surface area contributed by atoms with Crippen LogP contribution in [0.1, 0.15) is 122 Å². The first-order valence-corrected chi connectivity index (χ1v) is 18.6. The second-order valence-electron chi connectivity index (χ2n) is 16.9. The zero-order valence-corrected chi connectivity index (χ0v) is 30.4. The number of aliphatic hydroxyl groups excluding tert-OH is 1. The number of carbonyl (C=O) groups is 3. The minimum Gasteiger partial charge on any atom is -0.508 e. The van der Waals surface area contributed by atoms with Gasteiger partial charge < -0.3 is 20.8 Å². The van der Waals surface area contributed by atoms with Gasteiger partial charge in [-0.2, -0.15) is 0 Å². The molecular weight excluding hydrogens is 614 g/mol. The summed E-state index contributed by atoms with van der Waals surface area (Å²) in [5.41, 5.74) is 3.63. The lowest BCUT2D eigenvalue weighted by Gasteiger charge is -2.56. The van der Waals surface area contributed by atoms with Crippen LogP contribution >= 0.6 is 0 Å². The van der Waals surface area contributed by atoms with E-state index in [1.165, 1.54) is 16.7 Å². The van der Waals surface area contributed by atoms with Crippen molar-refractivity contribution in [3.8, 4) is 5.75 Å². The Morgan fingerprint density at radius 3 is 1.86 bits per heavy atom. The highest BCUT2D eigenvalue weighted by atomic mass is 16.3. The average molecular weight is 672 g/mol. The van der Waals surface area contributed by atoms with E-state index >= 15 is 0 Å². The smallest absolute Gasteiger partial charge is 0.241 e. The monoisotopic (exact) mass is 671 g/mol. The minimum absolute atomic E-state index is 0.0405. The van der Waals surface area contributed by atoms with Crippen LogP contribution in [0.4, 0.5) is 5.69 Å². The standard InChI is InChI=1S/C41H57N3O5/c1-25(2)42-32(17-22-45)35(47)43-28-13-9-26-11-15-33-38(3,30(26)23-28)18-7-20-40(33,5)36(48)44-37(49)41(6)21-8-19-39(4)31-24-29(46)14-10-27(31)12-16-34(39)41/h9-10,13-14,23-25,32-34,42,45-46H,7-8,11-12,15-22H2,1-6H3,(H,43,47)(H,44,48,49)/t32-,33+,34+,38+,39+,40-,41-/m0/s1. The molecule has 266 valence electrons. The van der Waals surface area contributed by atoms with Gasteiger partial charge in [0.05, 0.1) is 16.9 Å². The second kappa shape index (κ2) is 13.1. The van der Waals surface area contributed by atoms with Gasteiger partial charge in [-0.1, -0.05) is 66.5 Å². The Kier molecular flexibility index (Phi) is 9.55. The van der Waals surface area contributed by atoms with Gasteiger partial charge in [0.1, 0.15) is 5.75 Å². The van der Waals surface area contributed by atoms with Crippen molar-refractivity contribution in [3.05, 3.63) is 58.7 Å². The SMILES string of the molecule is CC(C)N[C@@H](CCO)C(=O)Nc1ccc2c(c1)[C@@]1(C)CCC[C@](C)(C(=O)NC(=O)[C@@]3(C)CCC[C@]4(C)c5cc(O)ccc5CC[C@@H]34)[C@@H]1CC2. The van der Waals surface area contributed by atoms with E-state index in [1.807, 2.05) is 32.0 Å². The van der Waals surface area contributed by atoms with E-state index in [0.29, 0.717) is 6.42 Å². The number of aryl methyl sites for hydroxylation is 2. The maximum Gasteiger partial charge on any atom is 0.241 e. The fourth-order valence-corrected chi connectivity index (χ4v) is 11.0. The molecule has 49 heavy (non-hydrogen) atoms. The Morgan fingerprint density at radius 2 is 1.33 bits per heavy atom. The van der Waals surface area contributed by atoms with Crippen molar-refractivity contribution in [2.75, 3.05) is 11.9 Å². The van der Waals surface area contributed by atoms with Crippen molar-refractivity contribution in [3.63, 3.8) is 0 Å². The number of nitrogens with one attached hydrogen (secondary N) is 3. The molecule has 5 N–H and O–H groups in total. The van der Waals surface area contributed by atoms with Crippen LogP contribution in [-0.2, 0) is 38.1 Å². The Hall–Kier alpha value is -3.23. The maximum atomic E-state index is 14.5. The molecule has 2 fully saturated rings. The van der Waals surface area contributed by atoms with Crippen LogP contribution in [0.5, 0.6) is 5.75 Å². The number of phenols is 1. The van der Waals surface area contributed by atoms with E-state index in [0.717, 1.165) is 75.5 Å². The quantitative estimate of drug-likeness (QED) is 0.206. The summed E-state index contributed by atoms with van der Waals surface area (Å²) in [7, 11) is 0. The molecule has 4 aliphatic rings. The van der Waals surface area contributed by atoms with Crippen LogP contribution in [-0.4, -0.2) is 46.6 Å². The predicted octanol–water partition coefficient (Wildman–Crippen LogP) is 6.44. The minimum atomic E-state index is -0.716. The van der Waals surface area contributed by atoms with Gasteiger partial charge in [0, 0.05) is 18.3 Å². The molecule has 0 radical (unpaired) electrons. The highest BCUT2D eigenvalue weighted by Gasteiger charge is 2.58. The summed E-state index contributed by atoms with van der Waals surface area (Å²) in [5.74, 6) is -0.105. The normalized spacial score (nSPS) is 32.6. The molecule has 3 amide bonds. The maximum absolute atomic E-state index is 14.5. The number of fused-ring (bicyclic) bond motifs is 6. The summed E-state index contributed by atoms with van der Waals surface area (Å²) < 4.78 is 0. The van der Waals surface area contributed by atoms with Crippen molar-refractivity contribution in [1.29, 1.82) is 0 Å². The van der Waals surface area contributed by atoms with E-state index in [2.05, 4.69) is 55.8 Å². The summed E-state index contributed by atoms with van der Waals surface area (Å²) in [6.45, 7) is 12.5. The summed E-state index contributed by atoms with van der Waals surface area (Å²) in [4.78, 5) is 42.1. The number of carbonyl (C=O) groups excluding carboxylic acids is 3. The van der Waals surface area contributed by atoms with Gasteiger partial charge in [0.2, 0.25) is 17.7 Å². The van der Waals surface area contributed by atoms with Crippen molar-refractivity contribution in [2.45, 2.75) is 135 Å². The van der Waals surface area contributed by atoms with Gasteiger partial charge in [-0.05, 0) is 127 Å². The van der Waals surface area contributed by atoms with Crippen molar-refractivity contribution < 1.29 is 24.6 Å². The topological polar surface area (TPSA) is 128 Å². The molecule has 0 unspecified atom stereocenters. The lowest BCUT2D eigenvalue weighted by atomic mass is 9.49. The lowest BCUT2D eigenvalue weighted by Crippen LogP contribution is -2.60. The number of anilines is 1. The van der Waals surface area contributed by atoms with Crippen LogP contribution in [0, 0.1) is 22.7 Å². The first kappa shape index (κ1) is 35.6. The molecule has 6 rings (SSSR count). The third-order valence-electron chi connectivity index (χ3n) is 13.5. The van der Waals surface area contributed by atoms with Gasteiger partial charge in [-0.25, -0.2) is 0 Å². The number of aromatic hydroxyl groups is 1. The summed E-state index contributed by atoms with van der Waals surface area (Å²) in [6, 6.07) is 11.5. The number of hydrogen-bond donors (Lipinski definition) is 5. The van der Waals surface area contributed by atoms with Gasteiger partial charge in [-0.3, -0.25) is 19.7 Å². The Morgan fingerprint density at radius 1 is 0.796 bits per heavy atom. The molecule has 0 saturated heterocycles. The third-order valence-corrected chi connectivity index (χ3v) is 13.5. The summed E-state index contributed by atoms with van der Waals surface area (Å²) in [5, 5.41) is 29.3.